The van der Waals surface area contributed by atoms with Crippen LogP contribution in [0.2, 0.25) is 0 Å². The average molecular weight is 501 g/mol. The minimum absolute atomic E-state index is 0.0536. The Morgan fingerprint density at radius 3 is 2.25 bits per heavy atom. The zero-order valence-corrected chi connectivity index (χ0v) is 19.6. The van der Waals surface area contributed by atoms with E-state index in [0.29, 0.717) is 18.0 Å². The molecule has 0 atom stereocenters. The second-order valence-corrected chi connectivity index (χ2v) is 7.94. The topological polar surface area (TPSA) is 82.9 Å². The fourth-order valence-electron chi connectivity index (χ4n) is 3.11. The summed E-state index contributed by atoms with van der Waals surface area (Å²) < 4.78 is 17.5. The lowest BCUT2D eigenvalue weighted by Crippen LogP contribution is -2.17. The van der Waals surface area contributed by atoms with E-state index in [2.05, 4.69) is 33.4 Å². The van der Waals surface area contributed by atoms with Gasteiger partial charge in [-0.05, 0) is 66.1 Å². The van der Waals surface area contributed by atoms with Gasteiger partial charge in [0.1, 0.15) is 12.4 Å². The third-order valence-corrected chi connectivity index (χ3v) is 5.68. The number of methoxy groups -OCH3 is 2. The van der Waals surface area contributed by atoms with Crippen LogP contribution in [0.3, 0.4) is 0 Å². The second kappa shape index (κ2) is 11.5. The Bertz CT molecular complexity index is 1040. The first kappa shape index (κ1) is 23.6. The molecular weight excluding hydrogens is 476 g/mol. The molecule has 168 valence electrons. The van der Waals surface area contributed by atoms with Crippen molar-refractivity contribution in [3.8, 4) is 17.2 Å². The van der Waals surface area contributed by atoms with E-state index in [4.69, 9.17) is 14.2 Å². The average Bonchev–Trinajstić information content (AvgIpc) is 2.82. The maximum absolute atomic E-state index is 10.8. The number of nitrogens with zero attached hydrogens (tertiary/aromatic N) is 1. The highest BCUT2D eigenvalue weighted by molar-refractivity contribution is 9.10. The molecule has 0 aliphatic carbocycles. The summed E-state index contributed by atoms with van der Waals surface area (Å²) in [6.07, 6.45) is 0.912. The zero-order valence-electron chi connectivity index (χ0n) is 18.0. The highest BCUT2D eigenvalue weighted by atomic mass is 79.9. The Labute approximate surface area is 195 Å². The molecule has 0 aliphatic heterocycles. The summed E-state index contributed by atoms with van der Waals surface area (Å²) in [5.41, 5.74) is 3.18. The monoisotopic (exact) mass is 500 g/mol. The number of non-ortho nitro benzene ring substituents is 1. The minimum atomic E-state index is -0.422. The minimum Gasteiger partial charge on any atom is -0.497 e. The SMILES string of the molecule is COc1ccc(CCNCc2cc(OC)c(OCc3ccc([N+](=O)[O-])cc3)cc2Br)cc1. The standard InChI is InChI=1S/C24H25BrN2O5/c1-30-21-9-5-17(6-10-21)11-12-26-15-19-13-23(31-2)24(14-22(19)25)32-16-18-3-7-20(8-4-18)27(28)29/h3-10,13-14,26H,11-12,15-16H2,1-2H3. The van der Waals surface area contributed by atoms with Gasteiger partial charge in [0.25, 0.3) is 5.69 Å². The van der Waals surface area contributed by atoms with Crippen molar-refractivity contribution in [3.05, 3.63) is 91.9 Å². The molecule has 3 rings (SSSR count). The Morgan fingerprint density at radius 1 is 0.938 bits per heavy atom. The van der Waals surface area contributed by atoms with E-state index in [1.807, 2.05) is 24.3 Å². The number of rotatable bonds is 11. The predicted molar refractivity (Wildman–Crippen MR) is 127 cm³/mol. The quantitative estimate of drug-likeness (QED) is 0.219. The number of ether oxygens (including phenoxy) is 3. The van der Waals surface area contributed by atoms with Gasteiger partial charge in [-0.1, -0.05) is 28.1 Å². The molecule has 0 aromatic heterocycles. The summed E-state index contributed by atoms with van der Waals surface area (Å²) in [6, 6.07) is 18.2. The molecule has 32 heavy (non-hydrogen) atoms. The fraction of sp³-hybridized carbons (Fsp3) is 0.250. The van der Waals surface area contributed by atoms with Crippen LogP contribution in [-0.2, 0) is 19.6 Å². The van der Waals surface area contributed by atoms with Crippen molar-refractivity contribution in [1.29, 1.82) is 0 Å². The molecule has 7 nitrogen and oxygen atoms in total. The van der Waals surface area contributed by atoms with Gasteiger partial charge in [0.05, 0.1) is 19.1 Å². The van der Waals surface area contributed by atoms with Crippen LogP contribution in [0.25, 0.3) is 0 Å². The molecule has 0 radical (unpaired) electrons. The van der Waals surface area contributed by atoms with Crippen LogP contribution < -0.4 is 19.5 Å². The van der Waals surface area contributed by atoms with Crippen LogP contribution in [0.5, 0.6) is 17.2 Å². The lowest BCUT2D eigenvalue weighted by molar-refractivity contribution is -0.384. The van der Waals surface area contributed by atoms with Crippen LogP contribution in [0, 0.1) is 10.1 Å². The molecule has 0 spiro atoms. The molecule has 0 saturated carbocycles. The molecule has 1 N–H and O–H groups in total. The molecule has 0 amide bonds. The fourth-order valence-corrected chi connectivity index (χ4v) is 3.57. The third-order valence-electron chi connectivity index (χ3n) is 4.94. The van der Waals surface area contributed by atoms with E-state index >= 15 is 0 Å². The van der Waals surface area contributed by atoms with Crippen LogP contribution >= 0.6 is 15.9 Å². The first-order valence-electron chi connectivity index (χ1n) is 10.1. The molecule has 0 fully saturated rings. The number of nitrogens with one attached hydrogen (secondary N) is 1. The predicted octanol–water partition coefficient (Wildman–Crippen LogP) is 5.29. The van der Waals surface area contributed by atoms with Crippen molar-refractivity contribution in [3.63, 3.8) is 0 Å². The number of hydrogen-bond donors (Lipinski definition) is 1. The van der Waals surface area contributed by atoms with E-state index in [1.54, 1.807) is 26.4 Å². The summed E-state index contributed by atoms with van der Waals surface area (Å²) in [7, 11) is 3.26. The van der Waals surface area contributed by atoms with Gasteiger partial charge in [-0.3, -0.25) is 10.1 Å². The van der Waals surface area contributed by atoms with Crippen molar-refractivity contribution in [1.82, 2.24) is 5.32 Å². The van der Waals surface area contributed by atoms with Crippen LogP contribution in [-0.4, -0.2) is 25.7 Å². The van der Waals surface area contributed by atoms with Gasteiger partial charge in [0.2, 0.25) is 0 Å². The van der Waals surface area contributed by atoms with Gasteiger partial charge in [0, 0.05) is 23.2 Å². The lowest BCUT2D eigenvalue weighted by atomic mass is 10.1. The molecule has 0 unspecified atom stereocenters. The largest absolute Gasteiger partial charge is 0.497 e. The van der Waals surface area contributed by atoms with Gasteiger partial charge < -0.3 is 19.5 Å². The van der Waals surface area contributed by atoms with Gasteiger partial charge in [-0.15, -0.1) is 0 Å². The Hall–Kier alpha value is -3.10. The maximum atomic E-state index is 10.8. The number of nitro groups is 1. The maximum Gasteiger partial charge on any atom is 0.269 e. The summed E-state index contributed by atoms with van der Waals surface area (Å²) in [5, 5.41) is 14.2. The van der Waals surface area contributed by atoms with Crippen molar-refractivity contribution in [2.24, 2.45) is 0 Å². The Kier molecular flexibility index (Phi) is 8.47. The number of benzene rings is 3. The third kappa shape index (κ3) is 6.45. The molecule has 0 heterocycles. The smallest absolute Gasteiger partial charge is 0.269 e. The molecule has 0 saturated heterocycles. The molecule has 3 aromatic carbocycles. The summed E-state index contributed by atoms with van der Waals surface area (Å²) >= 11 is 3.61. The Morgan fingerprint density at radius 2 is 1.62 bits per heavy atom. The number of halogens is 1. The first-order chi connectivity index (χ1) is 15.5. The summed E-state index contributed by atoms with van der Waals surface area (Å²) in [4.78, 5) is 10.4. The highest BCUT2D eigenvalue weighted by Gasteiger charge is 2.11. The second-order valence-electron chi connectivity index (χ2n) is 7.08. The normalized spacial score (nSPS) is 10.6. The first-order valence-corrected chi connectivity index (χ1v) is 10.9. The van der Waals surface area contributed by atoms with Gasteiger partial charge in [-0.2, -0.15) is 0 Å². The number of nitro benzene ring substituents is 1. The van der Waals surface area contributed by atoms with Gasteiger partial charge in [-0.25, -0.2) is 0 Å². The van der Waals surface area contributed by atoms with Gasteiger partial charge >= 0.3 is 0 Å². The van der Waals surface area contributed by atoms with Gasteiger partial charge in [0.15, 0.2) is 11.5 Å². The van der Waals surface area contributed by atoms with Crippen molar-refractivity contribution in [2.75, 3.05) is 20.8 Å². The Balaban J connectivity index is 1.55. The summed E-state index contributed by atoms with van der Waals surface area (Å²) in [5.74, 6) is 2.08. The van der Waals surface area contributed by atoms with E-state index in [9.17, 15) is 10.1 Å². The zero-order chi connectivity index (χ0) is 22.9. The van der Waals surface area contributed by atoms with E-state index in [-0.39, 0.29) is 12.3 Å². The van der Waals surface area contributed by atoms with E-state index in [1.165, 1.54) is 17.7 Å². The van der Waals surface area contributed by atoms with Crippen LogP contribution in [0.1, 0.15) is 16.7 Å². The lowest BCUT2D eigenvalue weighted by Gasteiger charge is -2.14. The van der Waals surface area contributed by atoms with Crippen molar-refractivity contribution < 1.29 is 19.1 Å². The van der Waals surface area contributed by atoms with Crippen LogP contribution in [0.4, 0.5) is 5.69 Å². The van der Waals surface area contributed by atoms with Crippen molar-refractivity contribution >= 4 is 21.6 Å². The molecule has 0 aliphatic rings. The number of hydrogen-bond acceptors (Lipinski definition) is 6. The molecular formula is C24H25BrN2O5. The summed E-state index contributed by atoms with van der Waals surface area (Å²) in [6.45, 7) is 1.79. The van der Waals surface area contributed by atoms with E-state index in [0.717, 1.165) is 34.3 Å². The van der Waals surface area contributed by atoms with Crippen molar-refractivity contribution in [2.45, 2.75) is 19.6 Å². The molecule has 3 aromatic rings. The van der Waals surface area contributed by atoms with E-state index < -0.39 is 4.92 Å². The highest BCUT2D eigenvalue weighted by Crippen LogP contribution is 2.34. The molecule has 0 bridgehead atoms. The molecule has 8 heteroatoms. The van der Waals surface area contributed by atoms with Crippen LogP contribution in [0.15, 0.2) is 65.1 Å².